The number of rotatable bonds is 2. The Balaban J connectivity index is 2.59. The van der Waals surface area contributed by atoms with Crippen LogP contribution in [0, 0.1) is 10.1 Å². The van der Waals surface area contributed by atoms with Crippen LogP contribution in [0.15, 0.2) is 42.5 Å². The number of nitro groups is 1. The van der Waals surface area contributed by atoms with Crippen molar-refractivity contribution >= 4 is 17.3 Å². The second-order valence-corrected chi connectivity index (χ2v) is 6.18. The molecular weight excluding hydrogens is 274 g/mol. The van der Waals surface area contributed by atoms with Crippen LogP contribution in [0.4, 0.5) is 5.69 Å². The van der Waals surface area contributed by atoms with Gasteiger partial charge in [-0.25, -0.2) is 0 Å². The van der Waals surface area contributed by atoms with Gasteiger partial charge in [0.2, 0.25) is 0 Å². The number of benzene rings is 2. The average molecular weight is 290 g/mol. The maximum absolute atomic E-state index is 11.3. The van der Waals surface area contributed by atoms with Gasteiger partial charge < -0.3 is 0 Å². The van der Waals surface area contributed by atoms with Crippen LogP contribution < -0.4 is 0 Å². The fraction of sp³-hybridized carbons (Fsp3) is 0.250. The molecule has 0 bridgehead atoms. The van der Waals surface area contributed by atoms with Crippen molar-refractivity contribution in [2.75, 3.05) is 0 Å². The molecule has 0 fully saturated rings. The smallest absolute Gasteiger partial charge is 0.258 e. The van der Waals surface area contributed by atoms with Gasteiger partial charge in [0.15, 0.2) is 0 Å². The summed E-state index contributed by atoms with van der Waals surface area (Å²) in [5, 5.41) is 11.9. The molecule has 2 rings (SSSR count). The van der Waals surface area contributed by atoms with Gasteiger partial charge in [-0.1, -0.05) is 50.6 Å². The Kier molecular flexibility index (Phi) is 3.82. The molecule has 0 aromatic heterocycles. The third-order valence-corrected chi connectivity index (χ3v) is 3.47. The highest BCUT2D eigenvalue weighted by molar-refractivity contribution is 6.30. The molecule has 0 saturated heterocycles. The summed E-state index contributed by atoms with van der Waals surface area (Å²) in [6.07, 6.45) is 0. The molecule has 4 heteroatoms. The lowest BCUT2D eigenvalue weighted by atomic mass is 9.85. The van der Waals surface area contributed by atoms with Gasteiger partial charge in [0.1, 0.15) is 0 Å². The van der Waals surface area contributed by atoms with Crippen molar-refractivity contribution in [3.8, 4) is 11.1 Å². The van der Waals surface area contributed by atoms with E-state index in [0.717, 1.165) is 11.1 Å². The van der Waals surface area contributed by atoms with Crippen LogP contribution in [0.25, 0.3) is 11.1 Å². The first-order valence-corrected chi connectivity index (χ1v) is 6.72. The summed E-state index contributed by atoms with van der Waals surface area (Å²) >= 11 is 5.85. The van der Waals surface area contributed by atoms with Gasteiger partial charge in [-0.3, -0.25) is 10.1 Å². The van der Waals surface area contributed by atoms with Gasteiger partial charge in [-0.05, 0) is 34.7 Å². The fourth-order valence-corrected chi connectivity index (χ4v) is 2.15. The van der Waals surface area contributed by atoms with E-state index < -0.39 is 0 Å². The molecule has 0 atom stereocenters. The first-order valence-electron chi connectivity index (χ1n) is 6.34. The highest BCUT2D eigenvalue weighted by Crippen LogP contribution is 2.34. The summed E-state index contributed by atoms with van der Waals surface area (Å²) in [5.74, 6) is 0. The zero-order valence-electron chi connectivity index (χ0n) is 11.7. The summed E-state index contributed by atoms with van der Waals surface area (Å²) in [4.78, 5) is 11.0. The lowest BCUT2D eigenvalue weighted by Crippen LogP contribution is -2.11. The fourth-order valence-electron chi connectivity index (χ4n) is 2.02. The molecule has 0 heterocycles. The van der Waals surface area contributed by atoms with Gasteiger partial charge in [0, 0.05) is 11.1 Å². The number of hydrogen-bond acceptors (Lipinski definition) is 2. The third-order valence-electron chi connectivity index (χ3n) is 3.22. The van der Waals surface area contributed by atoms with Crippen LogP contribution in [0.1, 0.15) is 26.3 Å². The van der Waals surface area contributed by atoms with Crippen molar-refractivity contribution in [2.45, 2.75) is 26.2 Å². The first-order chi connectivity index (χ1) is 9.29. The van der Waals surface area contributed by atoms with Gasteiger partial charge in [0.05, 0.1) is 10.5 Å². The van der Waals surface area contributed by atoms with Crippen LogP contribution >= 0.6 is 11.6 Å². The van der Waals surface area contributed by atoms with E-state index in [9.17, 15) is 10.1 Å². The van der Waals surface area contributed by atoms with Gasteiger partial charge >= 0.3 is 0 Å². The number of nitro benzene ring substituents is 1. The molecule has 0 radical (unpaired) electrons. The standard InChI is InChI=1S/C16H16ClNO2/c1-16(2,3)12-6-9-14(15(10-12)18(19)20)11-4-7-13(17)8-5-11/h4-10H,1-3H3. The zero-order valence-corrected chi connectivity index (χ0v) is 12.4. The Morgan fingerprint density at radius 1 is 1.05 bits per heavy atom. The first kappa shape index (κ1) is 14.5. The van der Waals surface area contributed by atoms with E-state index in [4.69, 9.17) is 11.6 Å². The predicted molar refractivity (Wildman–Crippen MR) is 82.2 cm³/mol. The molecule has 0 spiro atoms. The molecule has 104 valence electrons. The van der Waals surface area contributed by atoms with Crippen LogP contribution in [-0.2, 0) is 5.41 Å². The second-order valence-electron chi connectivity index (χ2n) is 5.75. The second kappa shape index (κ2) is 5.25. The van der Waals surface area contributed by atoms with Crippen molar-refractivity contribution in [2.24, 2.45) is 0 Å². The molecule has 0 saturated carbocycles. The van der Waals surface area contributed by atoms with Crippen LogP contribution in [-0.4, -0.2) is 4.92 Å². The maximum atomic E-state index is 11.3. The van der Waals surface area contributed by atoms with Crippen LogP contribution in [0.5, 0.6) is 0 Å². The van der Waals surface area contributed by atoms with Crippen molar-refractivity contribution in [3.05, 3.63) is 63.2 Å². The normalized spacial score (nSPS) is 11.4. The van der Waals surface area contributed by atoms with E-state index in [-0.39, 0.29) is 16.0 Å². The molecular formula is C16H16ClNO2. The van der Waals surface area contributed by atoms with Crippen LogP contribution in [0.3, 0.4) is 0 Å². The lowest BCUT2D eigenvalue weighted by Gasteiger charge is -2.19. The number of halogens is 1. The molecule has 0 aliphatic rings. The molecule has 0 aliphatic heterocycles. The minimum Gasteiger partial charge on any atom is -0.258 e. The minimum absolute atomic E-state index is 0.122. The Labute approximate surface area is 123 Å². The minimum atomic E-state index is -0.334. The summed E-state index contributed by atoms with van der Waals surface area (Å²) in [6, 6.07) is 12.5. The van der Waals surface area contributed by atoms with E-state index in [0.29, 0.717) is 10.6 Å². The van der Waals surface area contributed by atoms with E-state index in [2.05, 4.69) is 0 Å². The maximum Gasteiger partial charge on any atom is 0.277 e. The van der Waals surface area contributed by atoms with E-state index >= 15 is 0 Å². The van der Waals surface area contributed by atoms with Crippen molar-refractivity contribution in [1.29, 1.82) is 0 Å². The predicted octanol–water partition coefficient (Wildman–Crippen LogP) is 5.21. The Bertz CT molecular complexity index is 643. The van der Waals surface area contributed by atoms with E-state index in [1.54, 1.807) is 30.3 Å². The van der Waals surface area contributed by atoms with E-state index in [1.807, 2.05) is 32.9 Å². The molecule has 0 N–H and O–H groups in total. The molecule has 0 aliphatic carbocycles. The van der Waals surface area contributed by atoms with Gasteiger partial charge in [-0.15, -0.1) is 0 Å². The monoisotopic (exact) mass is 289 g/mol. The third kappa shape index (κ3) is 2.99. The number of nitrogens with zero attached hydrogens (tertiary/aromatic N) is 1. The van der Waals surface area contributed by atoms with Crippen LogP contribution in [0.2, 0.25) is 5.02 Å². The largest absolute Gasteiger partial charge is 0.277 e. The topological polar surface area (TPSA) is 43.1 Å². The highest BCUT2D eigenvalue weighted by atomic mass is 35.5. The number of hydrogen-bond donors (Lipinski definition) is 0. The van der Waals surface area contributed by atoms with Gasteiger partial charge in [-0.2, -0.15) is 0 Å². The Morgan fingerprint density at radius 2 is 1.65 bits per heavy atom. The molecule has 20 heavy (non-hydrogen) atoms. The van der Waals surface area contributed by atoms with Crippen molar-refractivity contribution in [1.82, 2.24) is 0 Å². The molecule has 0 unspecified atom stereocenters. The summed E-state index contributed by atoms with van der Waals surface area (Å²) in [7, 11) is 0. The van der Waals surface area contributed by atoms with Crippen molar-refractivity contribution < 1.29 is 4.92 Å². The lowest BCUT2D eigenvalue weighted by molar-refractivity contribution is -0.384. The Hall–Kier alpha value is -1.87. The SMILES string of the molecule is CC(C)(C)c1ccc(-c2ccc(Cl)cc2)c([N+](=O)[O-])c1. The molecule has 3 nitrogen and oxygen atoms in total. The summed E-state index contributed by atoms with van der Waals surface area (Å²) < 4.78 is 0. The zero-order chi connectivity index (χ0) is 14.9. The molecule has 0 amide bonds. The quantitative estimate of drug-likeness (QED) is 0.562. The highest BCUT2D eigenvalue weighted by Gasteiger charge is 2.21. The average Bonchev–Trinajstić information content (AvgIpc) is 2.38. The van der Waals surface area contributed by atoms with Crippen molar-refractivity contribution in [3.63, 3.8) is 0 Å². The molecule has 2 aromatic rings. The van der Waals surface area contributed by atoms with E-state index in [1.165, 1.54) is 0 Å². The van der Waals surface area contributed by atoms with Gasteiger partial charge in [0.25, 0.3) is 5.69 Å². The summed E-state index contributed by atoms with van der Waals surface area (Å²) in [5.41, 5.74) is 2.35. The summed E-state index contributed by atoms with van der Waals surface area (Å²) in [6.45, 7) is 6.11. The Morgan fingerprint density at radius 3 is 2.15 bits per heavy atom. The molecule has 2 aromatic carbocycles.